The SMILES string of the molecule is O=C1C2CCCC2=NN1c1ccc(Br)cc1. The molecular formula is C12H11BrN2O. The molecule has 1 heterocycles. The molecule has 82 valence electrons. The summed E-state index contributed by atoms with van der Waals surface area (Å²) in [6, 6.07) is 7.67. The summed E-state index contributed by atoms with van der Waals surface area (Å²) in [7, 11) is 0. The Morgan fingerprint density at radius 1 is 1.31 bits per heavy atom. The molecule has 1 aliphatic heterocycles. The summed E-state index contributed by atoms with van der Waals surface area (Å²) in [4.78, 5) is 12.1. The van der Waals surface area contributed by atoms with E-state index in [9.17, 15) is 4.79 Å². The van der Waals surface area contributed by atoms with Gasteiger partial charge in [-0.05, 0) is 43.5 Å². The number of nitrogens with zero attached hydrogens (tertiary/aromatic N) is 2. The van der Waals surface area contributed by atoms with Gasteiger partial charge in [-0.15, -0.1) is 0 Å². The maximum atomic E-state index is 12.1. The number of halogens is 1. The van der Waals surface area contributed by atoms with Crippen molar-refractivity contribution in [2.24, 2.45) is 11.0 Å². The van der Waals surface area contributed by atoms with Gasteiger partial charge in [0.15, 0.2) is 0 Å². The lowest BCUT2D eigenvalue weighted by Crippen LogP contribution is -2.25. The van der Waals surface area contributed by atoms with Crippen molar-refractivity contribution in [1.82, 2.24) is 0 Å². The highest BCUT2D eigenvalue weighted by molar-refractivity contribution is 9.10. The molecule has 4 heteroatoms. The number of anilines is 1. The van der Waals surface area contributed by atoms with E-state index in [0.717, 1.165) is 35.1 Å². The third-order valence-corrected chi connectivity index (χ3v) is 3.66. The van der Waals surface area contributed by atoms with E-state index in [2.05, 4.69) is 21.0 Å². The Morgan fingerprint density at radius 3 is 2.75 bits per heavy atom. The van der Waals surface area contributed by atoms with Crippen LogP contribution in [0.25, 0.3) is 0 Å². The van der Waals surface area contributed by atoms with Crippen LogP contribution in [-0.2, 0) is 4.79 Å². The molecule has 0 N–H and O–H groups in total. The average molecular weight is 279 g/mol. The lowest BCUT2D eigenvalue weighted by Gasteiger charge is -2.13. The van der Waals surface area contributed by atoms with E-state index < -0.39 is 0 Å². The van der Waals surface area contributed by atoms with Gasteiger partial charge in [-0.3, -0.25) is 4.79 Å². The van der Waals surface area contributed by atoms with Crippen molar-refractivity contribution < 1.29 is 4.79 Å². The van der Waals surface area contributed by atoms with Gasteiger partial charge in [-0.2, -0.15) is 5.10 Å². The molecular weight excluding hydrogens is 268 g/mol. The van der Waals surface area contributed by atoms with Crippen LogP contribution >= 0.6 is 15.9 Å². The number of fused-ring (bicyclic) bond motifs is 1. The minimum atomic E-state index is 0.0589. The molecule has 16 heavy (non-hydrogen) atoms. The van der Waals surface area contributed by atoms with Crippen molar-refractivity contribution >= 4 is 33.2 Å². The molecule has 1 amide bonds. The number of carbonyl (C=O) groups is 1. The van der Waals surface area contributed by atoms with Crippen LogP contribution in [0.15, 0.2) is 33.8 Å². The van der Waals surface area contributed by atoms with Crippen LogP contribution in [0.4, 0.5) is 5.69 Å². The maximum Gasteiger partial charge on any atom is 0.256 e. The second kappa shape index (κ2) is 3.70. The van der Waals surface area contributed by atoms with E-state index in [-0.39, 0.29) is 11.8 Å². The molecule has 0 saturated heterocycles. The van der Waals surface area contributed by atoms with Crippen molar-refractivity contribution in [2.75, 3.05) is 5.01 Å². The molecule has 1 saturated carbocycles. The van der Waals surface area contributed by atoms with Gasteiger partial charge in [0.05, 0.1) is 17.3 Å². The number of benzene rings is 1. The first-order valence-corrected chi connectivity index (χ1v) is 6.22. The topological polar surface area (TPSA) is 32.7 Å². The highest BCUT2D eigenvalue weighted by Gasteiger charge is 2.39. The quantitative estimate of drug-likeness (QED) is 0.778. The summed E-state index contributed by atoms with van der Waals surface area (Å²) in [5, 5.41) is 5.96. The summed E-state index contributed by atoms with van der Waals surface area (Å²) in [6.45, 7) is 0. The Kier molecular flexibility index (Phi) is 2.32. The Hall–Kier alpha value is -1.16. The first-order valence-electron chi connectivity index (χ1n) is 5.42. The fraction of sp³-hybridized carbons (Fsp3) is 0.333. The van der Waals surface area contributed by atoms with Gasteiger partial charge in [-0.1, -0.05) is 15.9 Å². The molecule has 1 aliphatic carbocycles. The Morgan fingerprint density at radius 2 is 2.06 bits per heavy atom. The summed E-state index contributed by atoms with van der Waals surface area (Å²) in [6.07, 6.45) is 3.04. The van der Waals surface area contributed by atoms with E-state index in [1.54, 1.807) is 5.01 Å². The molecule has 1 aromatic rings. The van der Waals surface area contributed by atoms with Crippen LogP contribution in [-0.4, -0.2) is 11.6 Å². The van der Waals surface area contributed by atoms with Crippen molar-refractivity contribution in [3.63, 3.8) is 0 Å². The zero-order chi connectivity index (χ0) is 11.1. The molecule has 0 aromatic heterocycles. The number of hydrogen-bond donors (Lipinski definition) is 0. The molecule has 0 bridgehead atoms. The van der Waals surface area contributed by atoms with Crippen LogP contribution in [0.3, 0.4) is 0 Å². The molecule has 2 aliphatic rings. The van der Waals surface area contributed by atoms with Crippen LogP contribution in [0.2, 0.25) is 0 Å². The van der Waals surface area contributed by atoms with Crippen LogP contribution in [0, 0.1) is 5.92 Å². The van der Waals surface area contributed by atoms with Crippen molar-refractivity contribution in [3.05, 3.63) is 28.7 Å². The smallest absolute Gasteiger partial charge is 0.256 e. The van der Waals surface area contributed by atoms with Crippen molar-refractivity contribution in [2.45, 2.75) is 19.3 Å². The lowest BCUT2D eigenvalue weighted by molar-refractivity contribution is -0.119. The number of hydrazone groups is 1. The maximum absolute atomic E-state index is 12.1. The molecule has 0 radical (unpaired) electrons. The highest BCUT2D eigenvalue weighted by Crippen LogP contribution is 2.33. The summed E-state index contributed by atoms with van der Waals surface area (Å²) in [5.41, 5.74) is 1.92. The molecule has 3 rings (SSSR count). The van der Waals surface area contributed by atoms with Gasteiger partial charge in [0.1, 0.15) is 0 Å². The predicted molar refractivity (Wildman–Crippen MR) is 66.4 cm³/mol. The molecule has 1 fully saturated rings. The number of amides is 1. The normalized spacial score (nSPS) is 23.6. The van der Waals surface area contributed by atoms with E-state index >= 15 is 0 Å². The number of rotatable bonds is 1. The third-order valence-electron chi connectivity index (χ3n) is 3.13. The fourth-order valence-electron chi connectivity index (χ4n) is 2.31. The third kappa shape index (κ3) is 1.48. The van der Waals surface area contributed by atoms with Gasteiger partial charge in [0, 0.05) is 4.47 Å². The minimum Gasteiger partial charge on any atom is -0.272 e. The van der Waals surface area contributed by atoms with Gasteiger partial charge >= 0.3 is 0 Å². The van der Waals surface area contributed by atoms with E-state index in [4.69, 9.17) is 0 Å². The Bertz CT molecular complexity index is 466. The molecule has 3 nitrogen and oxygen atoms in total. The zero-order valence-corrected chi connectivity index (χ0v) is 10.3. The summed E-state index contributed by atoms with van der Waals surface area (Å²) < 4.78 is 1.01. The van der Waals surface area contributed by atoms with E-state index in [0.29, 0.717) is 0 Å². The second-order valence-corrected chi connectivity index (χ2v) is 5.08. The zero-order valence-electron chi connectivity index (χ0n) is 8.69. The highest BCUT2D eigenvalue weighted by atomic mass is 79.9. The molecule has 1 aromatic carbocycles. The monoisotopic (exact) mass is 278 g/mol. The van der Waals surface area contributed by atoms with Gasteiger partial charge in [0.25, 0.3) is 5.91 Å². The largest absolute Gasteiger partial charge is 0.272 e. The summed E-state index contributed by atoms with van der Waals surface area (Å²) >= 11 is 3.38. The first-order chi connectivity index (χ1) is 7.75. The van der Waals surface area contributed by atoms with E-state index in [1.165, 1.54) is 0 Å². The first kappa shape index (κ1) is 10.0. The average Bonchev–Trinajstić information content (AvgIpc) is 2.84. The molecule has 0 spiro atoms. The van der Waals surface area contributed by atoms with Gasteiger partial charge in [0.2, 0.25) is 0 Å². The predicted octanol–water partition coefficient (Wildman–Crippen LogP) is 2.95. The Balaban J connectivity index is 1.94. The van der Waals surface area contributed by atoms with Gasteiger partial charge < -0.3 is 0 Å². The van der Waals surface area contributed by atoms with Gasteiger partial charge in [-0.25, -0.2) is 5.01 Å². The van der Waals surface area contributed by atoms with Crippen LogP contribution in [0.5, 0.6) is 0 Å². The summed E-state index contributed by atoms with van der Waals surface area (Å²) in [5.74, 6) is 0.193. The lowest BCUT2D eigenvalue weighted by atomic mass is 10.1. The van der Waals surface area contributed by atoms with Crippen molar-refractivity contribution in [3.8, 4) is 0 Å². The van der Waals surface area contributed by atoms with Crippen LogP contribution in [0.1, 0.15) is 19.3 Å². The number of carbonyl (C=O) groups excluding carboxylic acids is 1. The van der Waals surface area contributed by atoms with Crippen LogP contribution < -0.4 is 5.01 Å². The minimum absolute atomic E-state index is 0.0589. The fourth-order valence-corrected chi connectivity index (χ4v) is 2.57. The van der Waals surface area contributed by atoms with Crippen molar-refractivity contribution in [1.29, 1.82) is 0 Å². The standard InChI is InChI=1S/C12H11BrN2O/c13-8-4-6-9(7-5-8)15-12(16)10-2-1-3-11(10)14-15/h4-7,10H,1-3H2. The number of hydrogen-bond acceptors (Lipinski definition) is 2. The van der Waals surface area contributed by atoms with E-state index in [1.807, 2.05) is 24.3 Å². The molecule has 1 atom stereocenters. The Labute approximate surface area is 102 Å². The second-order valence-electron chi connectivity index (χ2n) is 4.16. The molecule has 1 unspecified atom stereocenters.